The fourth-order valence-electron chi connectivity index (χ4n) is 15.0. The molecule has 0 radical (unpaired) electrons. The average Bonchev–Trinajstić information content (AvgIpc) is 1.56. The molecule has 2 atom stereocenters. The molecule has 0 saturated carbocycles. The van der Waals surface area contributed by atoms with E-state index in [1.807, 2.05) is 45.3 Å². The van der Waals surface area contributed by atoms with E-state index in [4.69, 9.17) is 17.5 Å². The first-order valence-corrected chi connectivity index (χ1v) is 65.2. The Morgan fingerprint density at radius 3 is 0.930 bits per heavy atom. The normalized spacial score (nSPS) is 13.1. The first kappa shape index (κ1) is 78.5. The molecular formula is C84H112F2N4S8Sn2. The summed E-state index contributed by atoms with van der Waals surface area (Å²) in [6.45, 7) is 9.20. The maximum Gasteiger partial charge on any atom is -0.140 e. The largest absolute Gasteiger partial charge is 0.140 e. The molecule has 0 spiro atoms. The molecule has 538 valence electrons. The Labute approximate surface area is 639 Å². The molecule has 11 aromatic rings. The molecule has 0 amide bonds. The van der Waals surface area contributed by atoms with Crippen LogP contribution >= 0.6 is 91.5 Å². The van der Waals surface area contributed by atoms with Crippen LogP contribution in [0.1, 0.15) is 243 Å². The van der Waals surface area contributed by atoms with E-state index in [1.54, 1.807) is 34.8 Å². The number of nitrogens with zero attached hydrogens (tertiary/aromatic N) is 4. The van der Waals surface area contributed by atoms with E-state index in [2.05, 4.69) is 118 Å². The quantitative estimate of drug-likeness (QED) is 0.0282. The zero-order valence-electron chi connectivity index (χ0n) is 61.9. The predicted octanol–water partition coefficient (Wildman–Crippen LogP) is 30.6. The van der Waals surface area contributed by atoms with E-state index in [1.165, 1.54) is 276 Å². The summed E-state index contributed by atoms with van der Waals surface area (Å²) in [7, 11) is 0. The number of benzene rings is 3. The second kappa shape index (κ2) is 38.3. The number of rotatable bonds is 44. The summed E-state index contributed by atoms with van der Waals surface area (Å²) >= 11 is 7.96. The van der Waals surface area contributed by atoms with Crippen molar-refractivity contribution >= 4 is 176 Å². The molecule has 3 aromatic carbocycles. The van der Waals surface area contributed by atoms with E-state index in [9.17, 15) is 0 Å². The second-order valence-corrected chi connectivity index (χ2v) is 69.6. The predicted molar refractivity (Wildman–Crippen MR) is 454 cm³/mol. The van der Waals surface area contributed by atoms with Crippen molar-refractivity contribution in [3.05, 3.63) is 94.2 Å². The van der Waals surface area contributed by atoms with Gasteiger partial charge in [0.1, 0.15) is 0 Å². The van der Waals surface area contributed by atoms with Gasteiger partial charge in [0, 0.05) is 9.75 Å². The number of fused-ring (bicyclic) bond motifs is 4. The van der Waals surface area contributed by atoms with E-state index in [-0.39, 0.29) is 11.6 Å². The topological polar surface area (TPSA) is 51.6 Å². The van der Waals surface area contributed by atoms with E-state index < -0.39 is 36.8 Å². The van der Waals surface area contributed by atoms with Gasteiger partial charge in [-0.3, -0.25) is 0 Å². The summed E-state index contributed by atoms with van der Waals surface area (Å²) in [5.41, 5.74) is 8.19. The summed E-state index contributed by atoms with van der Waals surface area (Å²) in [6.07, 6.45) is 45.0. The van der Waals surface area contributed by atoms with E-state index >= 15 is 8.78 Å². The first-order chi connectivity index (χ1) is 48.6. The summed E-state index contributed by atoms with van der Waals surface area (Å²) in [4.78, 5) is 24.1. The zero-order chi connectivity index (χ0) is 70.2. The molecular weight excluding hydrogens is 1600 g/mol. The molecule has 2 unspecified atom stereocenters. The molecule has 8 aromatic heterocycles. The van der Waals surface area contributed by atoms with Gasteiger partial charge >= 0.3 is 332 Å². The summed E-state index contributed by atoms with van der Waals surface area (Å²) < 4.78 is 60.2. The summed E-state index contributed by atoms with van der Waals surface area (Å²) in [5, 5.41) is 2.54. The SMILES string of the molecule is CCCCCCCCCCC(CCCCCCCC)Cc1ccc(-c2cc(F)c(-c3ccc(-c4c5c[c]([Sn]([CH3])([CH3])[CH3])sc5c(-c5ccc(-c6c(F)cc(-c7ccc(CC(CCCCCCCC)CCCCCCCCCC)s7)c7nsnc67)s5)c5c[c]([Sn]([CH3])([CH3])[CH3])sc45)s3)c3nsnc23)s1. The molecule has 8 heterocycles. The van der Waals surface area contributed by atoms with Gasteiger partial charge < -0.3 is 0 Å². The van der Waals surface area contributed by atoms with Gasteiger partial charge in [-0.1, -0.05) is 233 Å². The van der Waals surface area contributed by atoms with Crippen molar-refractivity contribution in [1.29, 1.82) is 0 Å². The Morgan fingerprint density at radius 1 is 0.320 bits per heavy atom. The molecule has 0 aliphatic carbocycles. The Morgan fingerprint density at radius 2 is 0.610 bits per heavy atom. The maximum absolute atomic E-state index is 17.4. The van der Waals surface area contributed by atoms with Crippen molar-refractivity contribution in [2.45, 2.75) is 276 Å². The first-order valence-electron chi connectivity index (χ1n) is 38.9. The zero-order valence-corrected chi connectivity index (χ0v) is 74.2. The summed E-state index contributed by atoms with van der Waals surface area (Å²) in [5.74, 6) is 0.873. The van der Waals surface area contributed by atoms with Crippen molar-refractivity contribution in [2.24, 2.45) is 11.8 Å². The Kier molecular flexibility index (Phi) is 30.1. The van der Waals surface area contributed by atoms with Crippen LogP contribution in [-0.4, -0.2) is 54.2 Å². The van der Waals surface area contributed by atoms with Crippen LogP contribution < -0.4 is 5.79 Å². The third-order valence-electron chi connectivity index (χ3n) is 20.8. The molecule has 0 aliphatic heterocycles. The van der Waals surface area contributed by atoms with Crippen LogP contribution in [0.4, 0.5) is 8.78 Å². The van der Waals surface area contributed by atoms with Gasteiger partial charge in [0.15, 0.2) is 0 Å². The minimum absolute atomic E-state index is 0.243. The third-order valence-corrected chi connectivity index (χ3v) is 47.5. The minimum atomic E-state index is -2.71. The maximum atomic E-state index is 17.4. The van der Waals surface area contributed by atoms with Crippen LogP contribution in [0.25, 0.3) is 105 Å². The monoisotopic (exact) mass is 1710 g/mol. The van der Waals surface area contributed by atoms with Crippen LogP contribution in [0.3, 0.4) is 0 Å². The van der Waals surface area contributed by atoms with Crippen LogP contribution in [0.5, 0.6) is 0 Å². The molecule has 0 bridgehead atoms. The third kappa shape index (κ3) is 20.2. The van der Waals surface area contributed by atoms with Crippen LogP contribution in [0.15, 0.2) is 72.8 Å². The fraction of sp³-hybridized carbons (Fsp3) is 0.548. The van der Waals surface area contributed by atoms with Crippen molar-refractivity contribution in [2.75, 3.05) is 0 Å². The fourth-order valence-corrected chi connectivity index (χ4v) is 33.6. The van der Waals surface area contributed by atoms with Crippen LogP contribution in [0, 0.1) is 23.5 Å². The standard InChI is InChI=1S/C78H94F2N4S8.6CH3.2Sn/c1-5-9-13-17-21-23-27-31-35-53(33-29-25-19-15-11-7-3)49-55-37-39-63(87-55)59-51-61(79)71(75-73(59)81-91-83-75)67-43-41-65(89-67)69-57-45-47-86-78(57)70(58-46-48-85-77(58)69)66-42-44-68(90-66)72-62(80)52-60(74-76(72)84-92-82-74)64-40-38-56(88-64)50-54(34-30-26-20-16-12-8-4)36-32-28-24-22-18-14-10-6-2;;;;;;;;/h37-46,51-54H,5-36,49-50H2,1-4H3;6*1H3;;. The smallest absolute Gasteiger partial charge is 0.140 e. The number of unbranched alkanes of at least 4 members (excludes halogenated alkanes) is 24. The molecule has 16 heteroatoms. The van der Waals surface area contributed by atoms with Crippen LogP contribution in [0.2, 0.25) is 29.6 Å². The van der Waals surface area contributed by atoms with E-state index in [0.717, 1.165) is 64.3 Å². The number of halogens is 2. The minimum Gasteiger partial charge on any atom is -0.140 e. The van der Waals surface area contributed by atoms with Gasteiger partial charge in [0.05, 0.1) is 0 Å². The Balaban J connectivity index is 0.875. The van der Waals surface area contributed by atoms with Gasteiger partial charge in [0.25, 0.3) is 0 Å². The number of thiophene rings is 6. The van der Waals surface area contributed by atoms with Gasteiger partial charge in [0.2, 0.25) is 0 Å². The van der Waals surface area contributed by atoms with Crippen LogP contribution in [-0.2, 0) is 12.8 Å². The van der Waals surface area contributed by atoms with Gasteiger partial charge in [-0.15, -0.1) is 22.7 Å². The number of hydrogen-bond donors (Lipinski definition) is 0. The van der Waals surface area contributed by atoms with E-state index in [0.29, 0.717) is 34.0 Å². The molecule has 0 N–H and O–H groups in total. The molecule has 0 aliphatic rings. The molecule has 11 rings (SSSR count). The van der Waals surface area contributed by atoms with Gasteiger partial charge in [-0.05, 0) is 48.9 Å². The average molecular weight is 1710 g/mol. The number of hydrogen-bond acceptors (Lipinski definition) is 12. The van der Waals surface area contributed by atoms with Gasteiger partial charge in [-0.2, -0.15) is 0 Å². The Hall–Kier alpha value is -2.52. The second-order valence-electron chi connectivity index (χ2n) is 31.1. The summed E-state index contributed by atoms with van der Waals surface area (Å²) in [6, 6.07) is 26.4. The number of aromatic nitrogens is 4. The van der Waals surface area contributed by atoms with Crippen molar-refractivity contribution in [1.82, 2.24) is 17.5 Å². The molecule has 100 heavy (non-hydrogen) atoms. The molecule has 4 nitrogen and oxygen atoms in total. The molecule has 0 fully saturated rings. The van der Waals surface area contributed by atoms with Crippen molar-refractivity contribution in [3.8, 4) is 62.6 Å². The van der Waals surface area contributed by atoms with Crippen molar-refractivity contribution in [3.63, 3.8) is 0 Å². The van der Waals surface area contributed by atoms with Gasteiger partial charge in [-0.25, -0.2) is 0 Å². The van der Waals surface area contributed by atoms with Crippen molar-refractivity contribution < 1.29 is 8.78 Å². The molecule has 0 saturated heterocycles. The Bertz CT molecular complexity index is 4020.